The molecule has 2 N–H and O–H groups in total. The zero-order valence-corrected chi connectivity index (χ0v) is 10.4. The highest BCUT2D eigenvalue weighted by molar-refractivity contribution is 9.10. The lowest BCUT2D eigenvalue weighted by Crippen LogP contribution is -1.99. The molecular weight excluding hydrogens is 287 g/mol. The molecule has 0 spiro atoms. The van der Waals surface area contributed by atoms with E-state index in [-0.39, 0.29) is 5.75 Å². The lowest BCUT2D eigenvalue weighted by atomic mass is 10.3. The first-order valence-electron chi connectivity index (χ1n) is 4.97. The molecule has 3 nitrogen and oxygen atoms in total. The van der Waals surface area contributed by atoms with Crippen molar-refractivity contribution in [3.05, 3.63) is 52.5 Å². The molecule has 0 unspecified atom stereocenters. The van der Waals surface area contributed by atoms with E-state index in [4.69, 9.17) is 10.5 Å². The van der Waals surface area contributed by atoms with Crippen LogP contribution in [-0.4, -0.2) is 4.98 Å². The van der Waals surface area contributed by atoms with Gasteiger partial charge in [0.05, 0.1) is 11.9 Å². The van der Waals surface area contributed by atoms with Crippen molar-refractivity contribution in [2.45, 2.75) is 6.54 Å². The van der Waals surface area contributed by atoms with E-state index in [1.807, 2.05) is 0 Å². The molecule has 0 aliphatic heterocycles. The molecule has 1 aromatic carbocycles. The second-order valence-corrected chi connectivity index (χ2v) is 4.28. The van der Waals surface area contributed by atoms with Crippen LogP contribution in [0, 0.1) is 5.82 Å². The summed E-state index contributed by atoms with van der Waals surface area (Å²) in [7, 11) is 0. The third-order valence-corrected chi connectivity index (χ3v) is 2.62. The van der Waals surface area contributed by atoms with Gasteiger partial charge in [0, 0.05) is 11.0 Å². The molecule has 88 valence electrons. The summed E-state index contributed by atoms with van der Waals surface area (Å²) in [5.41, 5.74) is 6.18. The first-order chi connectivity index (χ1) is 8.19. The molecule has 0 fully saturated rings. The minimum absolute atomic E-state index is 0.154. The second-order valence-electron chi connectivity index (χ2n) is 3.37. The van der Waals surface area contributed by atoms with E-state index < -0.39 is 5.82 Å². The van der Waals surface area contributed by atoms with Crippen LogP contribution in [0.1, 0.15) is 5.69 Å². The van der Waals surface area contributed by atoms with Gasteiger partial charge < -0.3 is 10.5 Å². The van der Waals surface area contributed by atoms with Gasteiger partial charge in [-0.15, -0.1) is 0 Å². The normalized spacial score (nSPS) is 10.3. The number of halogens is 2. The topological polar surface area (TPSA) is 48.1 Å². The minimum Gasteiger partial charge on any atom is -0.453 e. The van der Waals surface area contributed by atoms with Crippen molar-refractivity contribution in [3.63, 3.8) is 0 Å². The maximum Gasteiger partial charge on any atom is 0.165 e. The van der Waals surface area contributed by atoms with Crippen molar-refractivity contribution in [2.24, 2.45) is 5.73 Å². The van der Waals surface area contributed by atoms with Gasteiger partial charge in [-0.1, -0.05) is 15.9 Å². The fourth-order valence-corrected chi connectivity index (χ4v) is 1.61. The number of nitrogens with two attached hydrogens (primary N) is 1. The number of aromatic nitrogens is 1. The maximum absolute atomic E-state index is 13.4. The minimum atomic E-state index is -0.420. The van der Waals surface area contributed by atoms with Crippen molar-refractivity contribution < 1.29 is 9.13 Å². The fourth-order valence-electron chi connectivity index (χ4n) is 1.27. The SMILES string of the molecule is NCc1ccc(Oc2cc(Br)ccc2F)cn1. The van der Waals surface area contributed by atoms with Crippen LogP contribution in [0.15, 0.2) is 41.0 Å². The monoisotopic (exact) mass is 296 g/mol. The molecule has 0 saturated heterocycles. The second kappa shape index (κ2) is 5.25. The predicted molar refractivity (Wildman–Crippen MR) is 66.3 cm³/mol. The van der Waals surface area contributed by atoms with E-state index >= 15 is 0 Å². The van der Waals surface area contributed by atoms with Crippen molar-refractivity contribution >= 4 is 15.9 Å². The zero-order valence-electron chi connectivity index (χ0n) is 8.86. The van der Waals surface area contributed by atoms with Crippen molar-refractivity contribution in [1.29, 1.82) is 0 Å². The van der Waals surface area contributed by atoms with Crippen LogP contribution >= 0.6 is 15.9 Å². The summed E-state index contributed by atoms with van der Waals surface area (Å²) < 4.78 is 19.5. The highest BCUT2D eigenvalue weighted by atomic mass is 79.9. The van der Waals surface area contributed by atoms with Gasteiger partial charge >= 0.3 is 0 Å². The number of benzene rings is 1. The Hall–Kier alpha value is -1.46. The van der Waals surface area contributed by atoms with Crippen LogP contribution < -0.4 is 10.5 Å². The Morgan fingerprint density at radius 3 is 2.76 bits per heavy atom. The summed E-state index contributed by atoms with van der Waals surface area (Å²) in [4.78, 5) is 4.06. The molecule has 2 rings (SSSR count). The standard InChI is InChI=1S/C12H10BrFN2O/c13-8-1-4-11(14)12(5-8)17-10-3-2-9(6-15)16-7-10/h1-5,7H,6,15H2. The molecule has 2 aromatic rings. The quantitative estimate of drug-likeness (QED) is 0.946. The number of nitrogens with zero attached hydrogens (tertiary/aromatic N) is 1. The zero-order chi connectivity index (χ0) is 12.3. The smallest absolute Gasteiger partial charge is 0.165 e. The Morgan fingerprint density at radius 2 is 2.12 bits per heavy atom. The Labute approximate surface area is 107 Å². The van der Waals surface area contributed by atoms with Gasteiger partial charge in [-0.3, -0.25) is 4.98 Å². The average Bonchev–Trinajstić information content (AvgIpc) is 2.35. The van der Waals surface area contributed by atoms with E-state index in [9.17, 15) is 4.39 Å². The Bertz CT molecular complexity index is 516. The van der Waals surface area contributed by atoms with Crippen LogP contribution in [0.3, 0.4) is 0 Å². The molecule has 5 heteroatoms. The van der Waals surface area contributed by atoms with Gasteiger partial charge in [0.2, 0.25) is 0 Å². The van der Waals surface area contributed by atoms with Gasteiger partial charge in [-0.25, -0.2) is 4.39 Å². The third-order valence-electron chi connectivity index (χ3n) is 2.13. The van der Waals surface area contributed by atoms with E-state index in [2.05, 4.69) is 20.9 Å². The number of hydrogen-bond donors (Lipinski definition) is 1. The molecule has 17 heavy (non-hydrogen) atoms. The number of pyridine rings is 1. The Morgan fingerprint density at radius 1 is 1.29 bits per heavy atom. The molecule has 0 aliphatic rings. The molecule has 1 aromatic heterocycles. The van der Waals surface area contributed by atoms with Crippen LogP contribution in [0.4, 0.5) is 4.39 Å². The number of rotatable bonds is 3. The highest BCUT2D eigenvalue weighted by Crippen LogP contribution is 2.27. The van der Waals surface area contributed by atoms with Crippen LogP contribution in [0.25, 0.3) is 0 Å². The molecule has 0 bridgehead atoms. The first kappa shape index (κ1) is 12.0. The number of hydrogen-bond acceptors (Lipinski definition) is 3. The van der Waals surface area contributed by atoms with E-state index in [0.29, 0.717) is 12.3 Å². The largest absolute Gasteiger partial charge is 0.453 e. The molecule has 1 heterocycles. The van der Waals surface area contributed by atoms with Crippen LogP contribution in [0.2, 0.25) is 0 Å². The number of ether oxygens (including phenoxy) is 1. The van der Waals surface area contributed by atoms with Crippen LogP contribution in [-0.2, 0) is 6.54 Å². The van der Waals surface area contributed by atoms with Crippen molar-refractivity contribution in [1.82, 2.24) is 4.98 Å². The van der Waals surface area contributed by atoms with E-state index in [1.165, 1.54) is 12.3 Å². The average molecular weight is 297 g/mol. The summed E-state index contributed by atoms with van der Waals surface area (Å²) >= 11 is 3.25. The highest BCUT2D eigenvalue weighted by Gasteiger charge is 2.05. The van der Waals surface area contributed by atoms with E-state index in [0.717, 1.165) is 10.2 Å². The van der Waals surface area contributed by atoms with Crippen LogP contribution in [0.5, 0.6) is 11.5 Å². The molecule has 0 saturated carbocycles. The summed E-state index contributed by atoms with van der Waals surface area (Å²) in [5.74, 6) is 0.206. The Balaban J connectivity index is 2.22. The molecule has 0 aliphatic carbocycles. The lowest BCUT2D eigenvalue weighted by molar-refractivity contribution is 0.440. The first-order valence-corrected chi connectivity index (χ1v) is 5.76. The van der Waals surface area contributed by atoms with Gasteiger partial charge in [0.25, 0.3) is 0 Å². The van der Waals surface area contributed by atoms with Crippen molar-refractivity contribution in [3.8, 4) is 11.5 Å². The third kappa shape index (κ3) is 3.01. The molecule has 0 radical (unpaired) electrons. The van der Waals surface area contributed by atoms with Crippen molar-refractivity contribution in [2.75, 3.05) is 0 Å². The Kier molecular flexibility index (Phi) is 3.71. The van der Waals surface area contributed by atoms with E-state index in [1.54, 1.807) is 24.3 Å². The van der Waals surface area contributed by atoms with Gasteiger partial charge in [0.15, 0.2) is 11.6 Å². The summed E-state index contributed by atoms with van der Waals surface area (Å²) in [6.07, 6.45) is 1.52. The molecule has 0 atom stereocenters. The maximum atomic E-state index is 13.4. The fraction of sp³-hybridized carbons (Fsp3) is 0.0833. The van der Waals surface area contributed by atoms with Gasteiger partial charge in [-0.05, 0) is 30.3 Å². The molecule has 0 amide bonds. The summed E-state index contributed by atoms with van der Waals surface area (Å²) in [6.45, 7) is 0.367. The summed E-state index contributed by atoms with van der Waals surface area (Å²) in [5, 5.41) is 0. The van der Waals surface area contributed by atoms with Gasteiger partial charge in [0.1, 0.15) is 5.75 Å². The lowest BCUT2D eigenvalue weighted by Gasteiger charge is -2.07. The molecular formula is C12H10BrFN2O. The predicted octanol–water partition coefficient (Wildman–Crippen LogP) is 3.23. The summed E-state index contributed by atoms with van der Waals surface area (Å²) in [6, 6.07) is 7.95. The van der Waals surface area contributed by atoms with Gasteiger partial charge in [-0.2, -0.15) is 0 Å².